The summed E-state index contributed by atoms with van der Waals surface area (Å²) in [6.45, 7) is 8.41. The SMILES string of the molecule is CCN(Cc1ccc(-n2ccc(NC(=O)N3CCN(C(=O)[C@@H](C)NC(=O)[C@@H](C)N)CC3)nc2=O)cc1)C1CCC(N)CC1.Cl. The highest BCUT2D eigenvalue weighted by molar-refractivity contribution is 5.90. The van der Waals surface area contributed by atoms with Gasteiger partial charge in [0.1, 0.15) is 11.9 Å². The third kappa shape index (κ3) is 9.00. The maximum atomic E-state index is 12.8. The Balaban J connectivity index is 0.00000529. The Hall–Kier alpha value is -3.52. The molecule has 1 aromatic carbocycles. The van der Waals surface area contributed by atoms with Crippen LogP contribution in [0.25, 0.3) is 5.69 Å². The monoisotopic (exact) mass is 631 g/mol. The van der Waals surface area contributed by atoms with E-state index in [0.29, 0.717) is 44.0 Å². The van der Waals surface area contributed by atoms with E-state index in [2.05, 4.69) is 27.4 Å². The number of rotatable bonds is 9. The second-order valence-electron chi connectivity index (χ2n) is 11.5. The lowest BCUT2D eigenvalue weighted by molar-refractivity contribution is -0.137. The van der Waals surface area contributed by atoms with E-state index in [1.807, 2.05) is 24.3 Å². The number of aromatic nitrogens is 2. The van der Waals surface area contributed by atoms with Crippen LogP contribution in [0.2, 0.25) is 0 Å². The van der Waals surface area contributed by atoms with Gasteiger partial charge in [0.15, 0.2) is 0 Å². The summed E-state index contributed by atoms with van der Waals surface area (Å²) in [7, 11) is 0. The largest absolute Gasteiger partial charge is 0.354 e. The lowest BCUT2D eigenvalue weighted by Gasteiger charge is -2.36. The molecule has 1 aliphatic carbocycles. The molecule has 1 aliphatic heterocycles. The molecule has 6 N–H and O–H groups in total. The number of benzene rings is 1. The lowest BCUT2D eigenvalue weighted by Crippen LogP contribution is -2.56. The van der Waals surface area contributed by atoms with Gasteiger partial charge in [0, 0.05) is 51.0 Å². The maximum absolute atomic E-state index is 12.8. The van der Waals surface area contributed by atoms with Gasteiger partial charge in [0.05, 0.1) is 11.7 Å². The first-order chi connectivity index (χ1) is 20.5. The van der Waals surface area contributed by atoms with E-state index in [9.17, 15) is 19.2 Å². The van der Waals surface area contributed by atoms with Gasteiger partial charge in [-0.3, -0.25) is 24.4 Å². The molecule has 2 fully saturated rings. The Morgan fingerprint density at radius 3 is 2.18 bits per heavy atom. The number of nitrogens with one attached hydrogen (secondary N) is 2. The number of urea groups is 1. The molecule has 2 heterocycles. The maximum Gasteiger partial charge on any atom is 0.354 e. The molecule has 0 spiro atoms. The van der Waals surface area contributed by atoms with Crippen LogP contribution in [0.1, 0.15) is 52.0 Å². The third-order valence-electron chi connectivity index (χ3n) is 8.32. The third-order valence-corrected chi connectivity index (χ3v) is 8.32. The van der Waals surface area contributed by atoms with Crippen molar-refractivity contribution in [2.75, 3.05) is 38.0 Å². The molecule has 1 saturated heterocycles. The minimum atomic E-state index is -0.710. The first-order valence-electron chi connectivity index (χ1n) is 15.1. The Morgan fingerprint density at radius 1 is 1.00 bits per heavy atom. The van der Waals surface area contributed by atoms with Crippen LogP contribution in [-0.2, 0) is 16.1 Å². The molecule has 1 saturated carbocycles. The first kappa shape index (κ1) is 35.0. The van der Waals surface area contributed by atoms with E-state index in [-0.39, 0.29) is 24.1 Å². The zero-order valence-corrected chi connectivity index (χ0v) is 26.6. The summed E-state index contributed by atoms with van der Waals surface area (Å²) >= 11 is 0. The molecule has 0 bridgehead atoms. The Bertz CT molecular complexity index is 1320. The van der Waals surface area contributed by atoms with Gasteiger partial charge in [-0.2, -0.15) is 4.98 Å². The van der Waals surface area contributed by atoms with Crippen molar-refractivity contribution in [3.63, 3.8) is 0 Å². The molecule has 44 heavy (non-hydrogen) atoms. The van der Waals surface area contributed by atoms with Crippen LogP contribution in [0.5, 0.6) is 0 Å². The molecule has 2 atom stereocenters. The minimum absolute atomic E-state index is 0. The van der Waals surface area contributed by atoms with Crippen molar-refractivity contribution in [2.24, 2.45) is 11.5 Å². The topological polar surface area (TPSA) is 172 Å². The number of anilines is 1. The molecule has 2 aromatic rings. The standard InChI is InChI=1S/C30H45N9O4.ClH/c1-4-36(24-11-7-23(32)8-12-24)19-22-5-9-25(10-6-22)39-14-13-26(35-30(39)43)34-29(42)38-17-15-37(16-18-38)28(41)21(3)33-27(40)20(2)31;/h5-6,9-10,13-14,20-21,23-24H,4,7-8,11-12,15-19,31-32H2,1-3H3,(H,33,40)(H,34,35,42,43);1H/t20-,21-,23?,24?;/m1./s1. The van der Waals surface area contributed by atoms with Crippen LogP contribution >= 0.6 is 12.4 Å². The number of carbonyl (C=O) groups excluding carboxylic acids is 3. The van der Waals surface area contributed by atoms with Crippen molar-refractivity contribution in [2.45, 2.75) is 77.2 Å². The first-order valence-corrected chi connectivity index (χ1v) is 15.1. The lowest BCUT2D eigenvalue weighted by atomic mass is 9.90. The van der Waals surface area contributed by atoms with Crippen molar-refractivity contribution >= 4 is 36.1 Å². The summed E-state index contributed by atoms with van der Waals surface area (Å²) in [5.74, 6) is -0.478. The molecule has 4 amide bonds. The summed E-state index contributed by atoms with van der Waals surface area (Å²) in [5, 5.41) is 5.28. The highest BCUT2D eigenvalue weighted by Crippen LogP contribution is 2.24. The van der Waals surface area contributed by atoms with Gasteiger partial charge < -0.3 is 26.6 Å². The average Bonchev–Trinajstić information content (AvgIpc) is 3.00. The van der Waals surface area contributed by atoms with Gasteiger partial charge in [-0.05, 0) is 69.8 Å². The fourth-order valence-electron chi connectivity index (χ4n) is 5.63. The van der Waals surface area contributed by atoms with E-state index in [1.165, 1.54) is 10.1 Å². The molecular formula is C30H46ClN9O4. The van der Waals surface area contributed by atoms with Crippen molar-refractivity contribution < 1.29 is 14.4 Å². The van der Waals surface area contributed by atoms with Crippen molar-refractivity contribution in [3.05, 3.63) is 52.6 Å². The number of nitrogens with two attached hydrogens (primary N) is 2. The minimum Gasteiger partial charge on any atom is -0.343 e. The number of piperazine rings is 1. The smallest absolute Gasteiger partial charge is 0.343 e. The van der Waals surface area contributed by atoms with E-state index in [4.69, 9.17) is 11.5 Å². The number of hydrogen-bond acceptors (Lipinski definition) is 8. The fraction of sp³-hybridized carbons (Fsp3) is 0.567. The predicted octanol–water partition coefficient (Wildman–Crippen LogP) is 1.27. The van der Waals surface area contributed by atoms with Crippen LogP contribution in [0.15, 0.2) is 41.3 Å². The van der Waals surface area contributed by atoms with Gasteiger partial charge in [0.2, 0.25) is 11.8 Å². The quantitative estimate of drug-likeness (QED) is 0.320. The molecule has 13 nitrogen and oxygen atoms in total. The average molecular weight is 632 g/mol. The molecule has 2 aliphatic rings. The van der Waals surface area contributed by atoms with E-state index >= 15 is 0 Å². The number of carbonyl (C=O) groups is 3. The zero-order valence-electron chi connectivity index (χ0n) is 25.8. The summed E-state index contributed by atoms with van der Waals surface area (Å²) in [4.78, 5) is 59.8. The number of hydrogen-bond donors (Lipinski definition) is 4. The highest BCUT2D eigenvalue weighted by atomic mass is 35.5. The van der Waals surface area contributed by atoms with Crippen LogP contribution in [0.3, 0.4) is 0 Å². The Kier molecular flexibility index (Phi) is 12.7. The van der Waals surface area contributed by atoms with Crippen LogP contribution in [-0.4, -0.2) is 99.0 Å². The second kappa shape index (κ2) is 16.0. The molecule has 0 unspecified atom stereocenters. The summed E-state index contributed by atoms with van der Waals surface area (Å²) in [5.41, 5.74) is 13.0. The van der Waals surface area contributed by atoms with Gasteiger partial charge in [-0.1, -0.05) is 19.1 Å². The molecule has 4 rings (SSSR count). The van der Waals surface area contributed by atoms with Crippen LogP contribution in [0, 0.1) is 0 Å². The Morgan fingerprint density at radius 2 is 1.61 bits per heavy atom. The summed E-state index contributed by atoms with van der Waals surface area (Å²) in [6, 6.07) is 8.52. The van der Waals surface area contributed by atoms with Gasteiger partial charge >= 0.3 is 11.7 Å². The molecular weight excluding hydrogens is 586 g/mol. The van der Waals surface area contributed by atoms with Crippen molar-refractivity contribution in [1.82, 2.24) is 29.6 Å². The van der Waals surface area contributed by atoms with Crippen molar-refractivity contribution in [1.29, 1.82) is 0 Å². The van der Waals surface area contributed by atoms with E-state index in [1.54, 1.807) is 35.9 Å². The van der Waals surface area contributed by atoms with E-state index < -0.39 is 29.7 Å². The fourth-order valence-corrected chi connectivity index (χ4v) is 5.63. The van der Waals surface area contributed by atoms with Crippen LogP contribution in [0.4, 0.5) is 10.6 Å². The number of amides is 4. The zero-order chi connectivity index (χ0) is 31.1. The van der Waals surface area contributed by atoms with Crippen molar-refractivity contribution in [3.8, 4) is 5.69 Å². The van der Waals surface area contributed by atoms with Gasteiger partial charge in [0.25, 0.3) is 0 Å². The Labute approximate surface area is 264 Å². The molecule has 242 valence electrons. The van der Waals surface area contributed by atoms with E-state index in [0.717, 1.165) is 38.8 Å². The summed E-state index contributed by atoms with van der Waals surface area (Å²) < 4.78 is 1.44. The molecule has 0 radical (unpaired) electrons. The molecule has 1 aromatic heterocycles. The predicted molar refractivity (Wildman–Crippen MR) is 172 cm³/mol. The second-order valence-corrected chi connectivity index (χ2v) is 11.5. The number of nitrogens with zero attached hydrogens (tertiary/aromatic N) is 5. The number of halogens is 1. The summed E-state index contributed by atoms with van der Waals surface area (Å²) in [6.07, 6.45) is 5.99. The normalized spacial score (nSPS) is 20.0. The van der Waals surface area contributed by atoms with Crippen LogP contribution < -0.4 is 27.8 Å². The van der Waals surface area contributed by atoms with Gasteiger partial charge in [-0.25, -0.2) is 9.59 Å². The highest BCUT2D eigenvalue weighted by Gasteiger charge is 2.28. The van der Waals surface area contributed by atoms with Gasteiger partial charge in [-0.15, -0.1) is 12.4 Å². The molecule has 14 heteroatoms.